The third-order valence-electron chi connectivity index (χ3n) is 4.70. The van der Waals surface area contributed by atoms with Crippen molar-refractivity contribution in [1.29, 1.82) is 0 Å². The molecule has 0 radical (unpaired) electrons. The number of benzene rings is 2. The summed E-state index contributed by atoms with van der Waals surface area (Å²) in [5, 5.41) is 11.9. The van der Waals surface area contributed by atoms with Gasteiger partial charge in [-0.15, -0.1) is 0 Å². The Bertz CT molecular complexity index is 1220. The second-order valence-corrected chi connectivity index (χ2v) is 7.31. The molecule has 2 heterocycles. The summed E-state index contributed by atoms with van der Waals surface area (Å²) in [7, 11) is 0. The number of amides is 1. The number of aromatic nitrogens is 4. The van der Waals surface area contributed by atoms with Crippen LogP contribution in [0.25, 0.3) is 5.69 Å². The maximum Gasteiger partial charge on any atom is 0.260 e. The molecule has 0 aliphatic heterocycles. The van der Waals surface area contributed by atoms with Gasteiger partial charge in [0, 0.05) is 6.20 Å². The zero-order chi connectivity index (χ0) is 21.3. The number of rotatable bonds is 5. The van der Waals surface area contributed by atoms with E-state index in [1.54, 1.807) is 34.6 Å². The summed E-state index contributed by atoms with van der Waals surface area (Å²) < 4.78 is 16.7. The van der Waals surface area contributed by atoms with Crippen molar-refractivity contribution < 1.29 is 9.18 Å². The molecule has 6 nitrogen and oxygen atoms in total. The highest BCUT2D eigenvalue weighted by molar-refractivity contribution is 6.33. The van der Waals surface area contributed by atoms with Gasteiger partial charge in [0.05, 0.1) is 29.2 Å². The predicted octanol–water partition coefficient (Wildman–Crippen LogP) is 4.78. The van der Waals surface area contributed by atoms with Crippen LogP contribution in [0.3, 0.4) is 0 Å². The quantitative estimate of drug-likeness (QED) is 0.502. The van der Waals surface area contributed by atoms with Crippen molar-refractivity contribution in [3.05, 3.63) is 94.1 Å². The molecular formula is C22H19ClFN5O. The molecule has 1 amide bonds. The Balaban J connectivity index is 1.56. The zero-order valence-electron chi connectivity index (χ0n) is 16.4. The first-order valence-corrected chi connectivity index (χ1v) is 9.70. The molecular weight excluding hydrogens is 405 g/mol. The summed E-state index contributed by atoms with van der Waals surface area (Å²) in [5.41, 5.74) is 3.39. The van der Waals surface area contributed by atoms with Crippen LogP contribution in [-0.2, 0) is 6.54 Å². The van der Waals surface area contributed by atoms with Gasteiger partial charge in [0.1, 0.15) is 10.8 Å². The van der Waals surface area contributed by atoms with Crippen LogP contribution < -0.4 is 5.32 Å². The second kappa shape index (κ2) is 8.12. The van der Waals surface area contributed by atoms with Crippen LogP contribution in [0.1, 0.15) is 27.3 Å². The number of hydrogen-bond acceptors (Lipinski definition) is 3. The molecule has 0 unspecified atom stereocenters. The first-order chi connectivity index (χ1) is 14.4. The molecule has 0 atom stereocenters. The van der Waals surface area contributed by atoms with E-state index in [2.05, 4.69) is 15.5 Å². The Morgan fingerprint density at radius 3 is 2.60 bits per heavy atom. The fraction of sp³-hybridized carbons (Fsp3) is 0.136. The lowest BCUT2D eigenvalue weighted by atomic mass is 10.2. The minimum atomic E-state index is -0.343. The highest BCUT2D eigenvalue weighted by Crippen LogP contribution is 2.23. The summed E-state index contributed by atoms with van der Waals surface area (Å²) in [6.45, 7) is 3.95. The molecule has 1 N–H and O–H groups in total. The number of halogens is 2. The molecule has 0 bridgehead atoms. The van der Waals surface area contributed by atoms with Gasteiger partial charge in [-0.25, -0.2) is 9.07 Å². The van der Waals surface area contributed by atoms with E-state index < -0.39 is 0 Å². The Morgan fingerprint density at radius 2 is 1.87 bits per heavy atom. The summed E-state index contributed by atoms with van der Waals surface area (Å²) in [4.78, 5) is 12.9. The SMILES string of the molecule is Cc1nn(-c2ccccc2)c(C)c1C(=O)Nc1nn(Cc2cccc(F)c2)cc1Cl. The number of carbonyl (C=O) groups is 1. The normalized spacial score (nSPS) is 10.9. The van der Waals surface area contributed by atoms with E-state index in [-0.39, 0.29) is 17.5 Å². The molecule has 30 heavy (non-hydrogen) atoms. The maximum atomic E-state index is 13.4. The minimum Gasteiger partial charge on any atom is -0.304 e. The van der Waals surface area contributed by atoms with Crippen molar-refractivity contribution in [2.45, 2.75) is 20.4 Å². The van der Waals surface area contributed by atoms with Gasteiger partial charge in [0.2, 0.25) is 0 Å². The van der Waals surface area contributed by atoms with Crippen LogP contribution in [0.4, 0.5) is 10.2 Å². The van der Waals surface area contributed by atoms with Crippen molar-refractivity contribution in [1.82, 2.24) is 19.6 Å². The van der Waals surface area contributed by atoms with Gasteiger partial charge in [-0.2, -0.15) is 10.2 Å². The number of nitrogens with zero attached hydrogens (tertiary/aromatic N) is 4. The van der Waals surface area contributed by atoms with E-state index in [1.807, 2.05) is 37.3 Å². The Labute approximate surface area is 177 Å². The predicted molar refractivity (Wildman–Crippen MR) is 114 cm³/mol. The number of anilines is 1. The summed E-state index contributed by atoms with van der Waals surface area (Å²) in [6.07, 6.45) is 1.59. The van der Waals surface area contributed by atoms with Crippen LogP contribution in [0.5, 0.6) is 0 Å². The van der Waals surface area contributed by atoms with Crippen molar-refractivity contribution >= 4 is 23.3 Å². The number of nitrogens with one attached hydrogen (secondary N) is 1. The van der Waals surface area contributed by atoms with E-state index in [9.17, 15) is 9.18 Å². The molecule has 0 aliphatic carbocycles. The largest absolute Gasteiger partial charge is 0.304 e. The van der Waals surface area contributed by atoms with E-state index in [0.29, 0.717) is 28.5 Å². The molecule has 8 heteroatoms. The van der Waals surface area contributed by atoms with Crippen molar-refractivity contribution in [3.63, 3.8) is 0 Å². The van der Waals surface area contributed by atoms with Crippen LogP contribution in [0.15, 0.2) is 60.8 Å². The number of aryl methyl sites for hydroxylation is 1. The topological polar surface area (TPSA) is 64.7 Å². The summed E-state index contributed by atoms with van der Waals surface area (Å²) in [5.74, 6) is -0.421. The Hall–Kier alpha value is -3.45. The fourth-order valence-corrected chi connectivity index (χ4v) is 3.54. The lowest BCUT2D eigenvalue weighted by Crippen LogP contribution is -2.15. The average molecular weight is 424 g/mol. The molecule has 2 aromatic heterocycles. The van der Waals surface area contributed by atoms with Crippen LogP contribution in [0, 0.1) is 19.7 Å². The van der Waals surface area contributed by atoms with Crippen LogP contribution in [-0.4, -0.2) is 25.5 Å². The fourth-order valence-electron chi connectivity index (χ4n) is 3.35. The van der Waals surface area contributed by atoms with Crippen molar-refractivity contribution in [3.8, 4) is 5.69 Å². The zero-order valence-corrected chi connectivity index (χ0v) is 17.2. The second-order valence-electron chi connectivity index (χ2n) is 6.90. The Kier molecular flexibility index (Phi) is 5.37. The van der Waals surface area contributed by atoms with Gasteiger partial charge < -0.3 is 5.32 Å². The first kappa shape index (κ1) is 19.8. The third-order valence-corrected chi connectivity index (χ3v) is 4.98. The molecule has 4 rings (SSSR count). The molecule has 2 aromatic carbocycles. The average Bonchev–Trinajstić information content (AvgIpc) is 3.20. The third kappa shape index (κ3) is 3.97. The molecule has 0 spiro atoms. The summed E-state index contributed by atoms with van der Waals surface area (Å²) >= 11 is 6.26. The van der Waals surface area contributed by atoms with E-state index in [4.69, 9.17) is 11.6 Å². The van der Waals surface area contributed by atoms with Gasteiger partial charge in [0.15, 0.2) is 5.82 Å². The molecule has 0 aliphatic rings. The van der Waals surface area contributed by atoms with Crippen LogP contribution in [0.2, 0.25) is 5.02 Å². The highest BCUT2D eigenvalue weighted by Gasteiger charge is 2.21. The van der Waals surface area contributed by atoms with Gasteiger partial charge >= 0.3 is 0 Å². The monoisotopic (exact) mass is 423 g/mol. The lowest BCUT2D eigenvalue weighted by molar-refractivity contribution is 0.102. The standard InChI is InChI=1S/C22H19ClFN5O/c1-14-20(15(2)29(26-14)18-9-4-3-5-10-18)22(30)25-21-19(23)13-28(27-21)12-16-7-6-8-17(24)11-16/h3-11,13H,12H2,1-2H3,(H,25,27,30). The lowest BCUT2D eigenvalue weighted by Gasteiger charge is -2.06. The van der Waals surface area contributed by atoms with Gasteiger partial charge in [0.25, 0.3) is 5.91 Å². The smallest absolute Gasteiger partial charge is 0.260 e. The van der Waals surface area contributed by atoms with E-state index in [1.165, 1.54) is 12.1 Å². The van der Waals surface area contributed by atoms with Crippen LogP contribution >= 0.6 is 11.6 Å². The molecule has 4 aromatic rings. The number of hydrogen-bond donors (Lipinski definition) is 1. The molecule has 0 fully saturated rings. The molecule has 0 saturated heterocycles. The van der Waals surface area contributed by atoms with Crippen molar-refractivity contribution in [2.75, 3.05) is 5.32 Å². The number of carbonyl (C=O) groups excluding carboxylic acids is 1. The molecule has 0 saturated carbocycles. The minimum absolute atomic E-state index is 0.240. The van der Waals surface area contributed by atoms with E-state index >= 15 is 0 Å². The Morgan fingerprint density at radius 1 is 1.10 bits per heavy atom. The summed E-state index contributed by atoms with van der Waals surface area (Å²) in [6, 6.07) is 15.8. The van der Waals surface area contributed by atoms with E-state index in [0.717, 1.165) is 11.3 Å². The molecule has 152 valence electrons. The van der Waals surface area contributed by atoms with Gasteiger partial charge in [-0.3, -0.25) is 9.48 Å². The van der Waals surface area contributed by atoms with Gasteiger partial charge in [-0.1, -0.05) is 41.9 Å². The maximum absolute atomic E-state index is 13.4. The van der Waals surface area contributed by atoms with Crippen molar-refractivity contribution in [2.24, 2.45) is 0 Å². The highest BCUT2D eigenvalue weighted by atomic mass is 35.5. The number of para-hydroxylation sites is 1. The van der Waals surface area contributed by atoms with Gasteiger partial charge in [-0.05, 0) is 43.7 Å². The first-order valence-electron chi connectivity index (χ1n) is 9.33.